The van der Waals surface area contributed by atoms with Crippen molar-refractivity contribution in [3.8, 4) is 0 Å². The number of benzene rings is 2. The average Bonchev–Trinajstić information content (AvgIpc) is 2.64. The van der Waals surface area contributed by atoms with Crippen molar-refractivity contribution in [1.82, 2.24) is 4.90 Å². The highest BCUT2D eigenvalue weighted by molar-refractivity contribution is 5.97. The second kappa shape index (κ2) is 7.33. The Labute approximate surface area is 162 Å². The fraction of sp³-hybridized carbons (Fsp3) is 0.333. The van der Waals surface area contributed by atoms with Crippen molar-refractivity contribution in [2.75, 3.05) is 37.7 Å². The number of hydrogen-bond acceptors (Lipinski definition) is 4. The van der Waals surface area contributed by atoms with Crippen LogP contribution in [-0.4, -0.2) is 49.6 Å². The van der Waals surface area contributed by atoms with Gasteiger partial charge in [0.1, 0.15) is 5.82 Å². The fourth-order valence-electron chi connectivity index (χ4n) is 3.66. The van der Waals surface area contributed by atoms with Gasteiger partial charge in [-0.15, -0.1) is 0 Å². The van der Waals surface area contributed by atoms with Gasteiger partial charge in [0.15, 0.2) is 5.78 Å². The van der Waals surface area contributed by atoms with E-state index >= 15 is 0 Å². The van der Waals surface area contributed by atoms with Gasteiger partial charge in [-0.25, -0.2) is 9.18 Å². The Morgan fingerprint density at radius 2 is 1.86 bits per heavy atom. The molecule has 7 heteroatoms. The summed E-state index contributed by atoms with van der Waals surface area (Å²) >= 11 is 0. The van der Waals surface area contributed by atoms with Crippen LogP contribution in [0.4, 0.5) is 14.9 Å². The van der Waals surface area contributed by atoms with E-state index in [0.717, 1.165) is 0 Å². The molecule has 0 aliphatic carbocycles. The van der Waals surface area contributed by atoms with Gasteiger partial charge in [0.2, 0.25) is 0 Å². The highest BCUT2D eigenvalue weighted by Gasteiger charge is 2.51. The molecular weight excluding hydrogens is 361 g/mol. The molecule has 2 heterocycles. The predicted molar refractivity (Wildman–Crippen MR) is 103 cm³/mol. The van der Waals surface area contributed by atoms with Crippen molar-refractivity contribution in [2.45, 2.75) is 6.54 Å². The Morgan fingerprint density at radius 1 is 1.14 bits per heavy atom. The SMILES string of the molecule is NCC(=O)c1ccc(CN(C(=O)N2CC3(COC3)C2)c2ccccc2)c(F)c1. The number of halogens is 1. The molecule has 0 radical (unpaired) electrons. The zero-order valence-electron chi connectivity index (χ0n) is 15.4. The van der Waals surface area contributed by atoms with Crippen molar-refractivity contribution in [1.29, 1.82) is 0 Å². The van der Waals surface area contributed by atoms with E-state index in [1.165, 1.54) is 6.07 Å². The van der Waals surface area contributed by atoms with Crippen molar-refractivity contribution >= 4 is 17.5 Å². The lowest BCUT2D eigenvalue weighted by Crippen LogP contribution is -2.68. The minimum Gasteiger partial charge on any atom is -0.380 e. The number of urea groups is 1. The summed E-state index contributed by atoms with van der Waals surface area (Å²) in [7, 11) is 0. The summed E-state index contributed by atoms with van der Waals surface area (Å²) in [4.78, 5) is 28.1. The summed E-state index contributed by atoms with van der Waals surface area (Å²) in [5.41, 5.74) is 6.71. The molecule has 2 amide bonds. The van der Waals surface area contributed by atoms with Gasteiger partial charge in [0.05, 0.1) is 31.7 Å². The largest absolute Gasteiger partial charge is 0.380 e. The summed E-state index contributed by atoms with van der Waals surface area (Å²) in [5, 5.41) is 0. The summed E-state index contributed by atoms with van der Waals surface area (Å²) < 4.78 is 19.9. The minimum absolute atomic E-state index is 0.0752. The number of ether oxygens (including phenoxy) is 1. The minimum atomic E-state index is -0.527. The van der Waals surface area contributed by atoms with E-state index in [1.54, 1.807) is 21.9 Å². The third-order valence-corrected chi connectivity index (χ3v) is 5.33. The first-order valence-corrected chi connectivity index (χ1v) is 9.22. The zero-order chi connectivity index (χ0) is 19.7. The lowest BCUT2D eigenvalue weighted by molar-refractivity contribution is -0.174. The third kappa shape index (κ3) is 3.39. The van der Waals surface area contributed by atoms with Crippen LogP contribution in [0.5, 0.6) is 0 Å². The lowest BCUT2D eigenvalue weighted by atomic mass is 9.78. The van der Waals surface area contributed by atoms with Gasteiger partial charge in [0.25, 0.3) is 0 Å². The monoisotopic (exact) mass is 383 g/mol. The van der Waals surface area contributed by atoms with Gasteiger partial charge in [-0.05, 0) is 18.2 Å². The molecule has 2 aliphatic rings. The molecule has 0 unspecified atom stereocenters. The molecule has 0 saturated carbocycles. The molecule has 146 valence electrons. The number of carbonyl (C=O) groups is 2. The Morgan fingerprint density at radius 3 is 2.43 bits per heavy atom. The molecule has 0 aromatic heterocycles. The maximum absolute atomic E-state index is 14.6. The van der Waals surface area contributed by atoms with E-state index in [4.69, 9.17) is 10.5 Å². The molecule has 1 spiro atoms. The highest BCUT2D eigenvalue weighted by atomic mass is 19.1. The number of nitrogens with two attached hydrogens (primary N) is 1. The molecule has 2 saturated heterocycles. The van der Waals surface area contributed by atoms with Crippen LogP contribution in [-0.2, 0) is 11.3 Å². The van der Waals surface area contributed by atoms with Gasteiger partial charge >= 0.3 is 6.03 Å². The molecule has 0 bridgehead atoms. The summed E-state index contributed by atoms with van der Waals surface area (Å²) in [6.45, 7) is 2.59. The van der Waals surface area contributed by atoms with E-state index in [1.807, 2.05) is 30.3 Å². The van der Waals surface area contributed by atoms with Gasteiger partial charge in [-0.2, -0.15) is 0 Å². The zero-order valence-corrected chi connectivity index (χ0v) is 15.4. The number of rotatable bonds is 5. The first kappa shape index (κ1) is 18.6. The number of nitrogens with zero attached hydrogens (tertiary/aromatic N) is 2. The number of amides is 2. The summed E-state index contributed by atoms with van der Waals surface area (Å²) in [6.07, 6.45) is 0. The van der Waals surface area contributed by atoms with Crippen LogP contribution >= 0.6 is 0 Å². The normalized spacial score (nSPS) is 17.0. The highest BCUT2D eigenvalue weighted by Crippen LogP contribution is 2.38. The van der Waals surface area contributed by atoms with E-state index in [-0.39, 0.29) is 35.9 Å². The quantitative estimate of drug-likeness (QED) is 0.805. The van der Waals surface area contributed by atoms with Crippen molar-refractivity contribution < 1.29 is 18.7 Å². The van der Waals surface area contributed by atoms with Gasteiger partial charge in [-0.3, -0.25) is 9.69 Å². The Bertz CT molecular complexity index is 891. The first-order valence-electron chi connectivity index (χ1n) is 9.22. The number of Topliss-reactive ketones (excluding diaryl/α,β-unsaturated/α-hetero) is 1. The number of likely N-dealkylation sites (tertiary alicyclic amines) is 1. The number of ketones is 1. The van der Waals surface area contributed by atoms with Gasteiger partial charge in [-0.1, -0.05) is 30.3 Å². The van der Waals surface area contributed by atoms with Crippen LogP contribution < -0.4 is 10.6 Å². The smallest absolute Gasteiger partial charge is 0.324 e. The van der Waals surface area contributed by atoms with Crippen LogP contribution in [0.3, 0.4) is 0 Å². The molecule has 2 N–H and O–H groups in total. The molecule has 6 nitrogen and oxygen atoms in total. The van der Waals surface area contributed by atoms with E-state index in [9.17, 15) is 14.0 Å². The molecule has 2 aliphatic heterocycles. The maximum Gasteiger partial charge on any atom is 0.324 e. The van der Waals surface area contributed by atoms with Crippen molar-refractivity contribution in [2.24, 2.45) is 11.1 Å². The van der Waals surface area contributed by atoms with E-state index in [2.05, 4.69) is 0 Å². The molecular formula is C21H22FN3O3. The predicted octanol–water partition coefficient (Wildman–Crippen LogP) is 2.43. The summed E-state index contributed by atoms with van der Waals surface area (Å²) in [6, 6.07) is 13.3. The molecule has 2 aromatic rings. The number of anilines is 1. The van der Waals surface area contributed by atoms with E-state index < -0.39 is 5.82 Å². The number of carbonyl (C=O) groups excluding carboxylic acids is 2. The maximum atomic E-state index is 14.6. The Balaban J connectivity index is 1.56. The number of hydrogen-bond donors (Lipinski definition) is 1. The topological polar surface area (TPSA) is 75.9 Å². The summed E-state index contributed by atoms with van der Waals surface area (Å²) in [5.74, 6) is -0.851. The lowest BCUT2D eigenvalue weighted by Gasteiger charge is -2.55. The van der Waals surface area contributed by atoms with Crippen LogP contribution in [0.25, 0.3) is 0 Å². The third-order valence-electron chi connectivity index (χ3n) is 5.33. The van der Waals surface area contributed by atoms with Crippen LogP contribution in [0.1, 0.15) is 15.9 Å². The van der Waals surface area contributed by atoms with Crippen LogP contribution in [0, 0.1) is 11.2 Å². The van der Waals surface area contributed by atoms with Gasteiger partial charge in [0, 0.05) is 29.9 Å². The second-order valence-electron chi connectivity index (χ2n) is 7.49. The van der Waals surface area contributed by atoms with Gasteiger partial charge < -0.3 is 15.4 Å². The Hall–Kier alpha value is -2.77. The standard InChI is InChI=1S/C21H22FN3O3/c22-18-8-15(19(26)9-23)6-7-16(18)10-25(17-4-2-1-3-5-17)20(27)24-11-21(12-24)13-28-14-21/h1-8H,9-14,23H2. The Kier molecular flexibility index (Phi) is 4.87. The molecule has 2 fully saturated rings. The fourth-order valence-corrected chi connectivity index (χ4v) is 3.66. The van der Waals surface area contributed by atoms with Crippen molar-refractivity contribution in [3.05, 3.63) is 65.5 Å². The average molecular weight is 383 g/mol. The first-order chi connectivity index (χ1) is 13.5. The molecule has 2 aromatic carbocycles. The molecule has 0 atom stereocenters. The molecule has 4 rings (SSSR count). The van der Waals surface area contributed by atoms with Crippen LogP contribution in [0.15, 0.2) is 48.5 Å². The van der Waals surface area contributed by atoms with E-state index in [0.29, 0.717) is 37.6 Å². The number of para-hydroxylation sites is 1. The van der Waals surface area contributed by atoms with Crippen LogP contribution in [0.2, 0.25) is 0 Å². The molecule has 28 heavy (non-hydrogen) atoms. The van der Waals surface area contributed by atoms with Crippen molar-refractivity contribution in [3.63, 3.8) is 0 Å². The second-order valence-corrected chi connectivity index (χ2v) is 7.49.